The molecule has 0 fully saturated rings. The van der Waals surface area contributed by atoms with Gasteiger partial charge in [-0.3, -0.25) is 19.2 Å². The van der Waals surface area contributed by atoms with Crippen molar-refractivity contribution in [3.63, 3.8) is 0 Å². The molecule has 39 heavy (non-hydrogen) atoms. The number of hydrogen-bond donors (Lipinski definition) is 6. The summed E-state index contributed by atoms with van der Waals surface area (Å²) in [5.74, 6) is -6.01. The van der Waals surface area contributed by atoms with Crippen molar-refractivity contribution in [2.24, 2.45) is 5.73 Å². The second-order valence-electron chi connectivity index (χ2n) is 8.38. The van der Waals surface area contributed by atoms with Crippen molar-refractivity contribution in [1.82, 2.24) is 25.4 Å². The van der Waals surface area contributed by atoms with Crippen LogP contribution < -0.4 is 16.4 Å². The molecule has 214 valence electrons. The molecule has 0 saturated heterocycles. The number of carboxylic acids is 2. The third-order valence-corrected chi connectivity index (χ3v) is 8.42. The number of hydrogen-bond acceptors (Lipinski definition) is 10. The molecule has 0 bridgehead atoms. The standard InChI is InChI=1S/C22H28F2N6O7S2/c1-12(22(37,9-30-11-26-10-28-30)14-3-2-13(23)6-15(14)24)39-38-8-17(20(34)27-7-19(32)33)29-18(31)5-4-16(25)21(35)36/h2-3,6,10-12,16-17,37H,4-5,7-9,25H2,1H3,(H,27,34)(H,29,31)(H,32,33)(H,35,36)/t12-,16+,17+,22-/m1/s1. The predicted molar refractivity (Wildman–Crippen MR) is 137 cm³/mol. The van der Waals surface area contributed by atoms with E-state index >= 15 is 0 Å². The highest BCUT2D eigenvalue weighted by atomic mass is 33.1. The van der Waals surface area contributed by atoms with Gasteiger partial charge in [0.05, 0.1) is 6.54 Å². The van der Waals surface area contributed by atoms with Crippen LogP contribution in [-0.4, -0.2) is 83.5 Å². The third kappa shape index (κ3) is 9.76. The molecule has 1 heterocycles. The quantitative estimate of drug-likeness (QED) is 0.144. The van der Waals surface area contributed by atoms with Crippen LogP contribution in [0.5, 0.6) is 0 Å². The van der Waals surface area contributed by atoms with Gasteiger partial charge in [0.2, 0.25) is 11.8 Å². The molecule has 2 rings (SSSR count). The van der Waals surface area contributed by atoms with Gasteiger partial charge in [-0.2, -0.15) is 5.10 Å². The number of amides is 2. The van der Waals surface area contributed by atoms with Crippen molar-refractivity contribution >= 4 is 45.3 Å². The van der Waals surface area contributed by atoms with E-state index in [0.29, 0.717) is 6.07 Å². The first-order valence-electron chi connectivity index (χ1n) is 11.4. The van der Waals surface area contributed by atoms with Crippen molar-refractivity contribution in [3.05, 3.63) is 48.1 Å². The van der Waals surface area contributed by atoms with Gasteiger partial charge in [0.25, 0.3) is 0 Å². The molecule has 0 spiro atoms. The lowest BCUT2D eigenvalue weighted by Gasteiger charge is -2.34. The van der Waals surface area contributed by atoms with Gasteiger partial charge >= 0.3 is 11.9 Å². The molecule has 1 aromatic heterocycles. The number of nitrogens with zero attached hydrogens (tertiary/aromatic N) is 3. The second-order valence-corrected chi connectivity index (χ2v) is 11.1. The monoisotopic (exact) mass is 590 g/mol. The Morgan fingerprint density at radius 2 is 1.95 bits per heavy atom. The van der Waals surface area contributed by atoms with Gasteiger partial charge in [-0.15, -0.1) is 0 Å². The Balaban J connectivity index is 2.14. The van der Waals surface area contributed by atoms with Crippen LogP contribution in [-0.2, 0) is 31.3 Å². The topological polar surface area (TPSA) is 210 Å². The van der Waals surface area contributed by atoms with Crippen LogP contribution in [0.1, 0.15) is 25.3 Å². The summed E-state index contributed by atoms with van der Waals surface area (Å²) in [5, 5.41) is 37.0. The molecule has 2 aromatic rings. The minimum absolute atomic E-state index is 0.109. The number of nitrogens with two attached hydrogens (primary N) is 1. The molecule has 0 aliphatic rings. The van der Waals surface area contributed by atoms with Crippen molar-refractivity contribution in [1.29, 1.82) is 0 Å². The number of rotatable bonds is 16. The summed E-state index contributed by atoms with van der Waals surface area (Å²) < 4.78 is 29.5. The van der Waals surface area contributed by atoms with E-state index in [2.05, 4.69) is 20.7 Å². The van der Waals surface area contributed by atoms with Crippen LogP contribution in [0.15, 0.2) is 30.9 Å². The number of aliphatic hydroxyl groups is 1. The molecular weight excluding hydrogens is 562 g/mol. The Kier molecular flexibility index (Phi) is 12.1. The van der Waals surface area contributed by atoms with Crippen molar-refractivity contribution in [2.75, 3.05) is 12.3 Å². The summed E-state index contributed by atoms with van der Waals surface area (Å²) in [4.78, 5) is 50.3. The Labute approximate surface area is 229 Å². The fraction of sp³-hybridized carbons (Fsp3) is 0.455. The van der Waals surface area contributed by atoms with Gasteiger partial charge < -0.3 is 31.7 Å². The maximum atomic E-state index is 14.7. The van der Waals surface area contributed by atoms with Crippen LogP contribution in [0.4, 0.5) is 8.78 Å². The van der Waals surface area contributed by atoms with Crippen LogP contribution in [0.25, 0.3) is 0 Å². The van der Waals surface area contributed by atoms with E-state index in [1.165, 1.54) is 17.3 Å². The summed E-state index contributed by atoms with van der Waals surface area (Å²) in [6, 6.07) is 0.252. The van der Waals surface area contributed by atoms with E-state index in [4.69, 9.17) is 15.9 Å². The van der Waals surface area contributed by atoms with E-state index in [-0.39, 0.29) is 30.7 Å². The first-order chi connectivity index (χ1) is 18.3. The zero-order chi connectivity index (χ0) is 29.2. The lowest BCUT2D eigenvalue weighted by molar-refractivity contribution is -0.139. The van der Waals surface area contributed by atoms with Crippen LogP contribution >= 0.6 is 21.6 Å². The summed E-state index contributed by atoms with van der Waals surface area (Å²) >= 11 is 0. The van der Waals surface area contributed by atoms with Crippen LogP contribution in [0.2, 0.25) is 0 Å². The van der Waals surface area contributed by atoms with E-state index < -0.39 is 64.9 Å². The predicted octanol–water partition coefficient (Wildman–Crippen LogP) is 0.0917. The van der Waals surface area contributed by atoms with Gasteiger partial charge in [0.15, 0.2) is 0 Å². The maximum Gasteiger partial charge on any atom is 0.322 e. The molecule has 17 heteroatoms. The number of aromatic nitrogens is 3. The van der Waals surface area contributed by atoms with Crippen molar-refractivity contribution in [2.45, 2.75) is 49.2 Å². The zero-order valence-corrected chi connectivity index (χ0v) is 22.3. The zero-order valence-electron chi connectivity index (χ0n) is 20.6. The number of aliphatic carboxylic acids is 2. The normalized spacial score (nSPS) is 15.0. The lowest BCUT2D eigenvalue weighted by Crippen LogP contribution is -2.49. The Morgan fingerprint density at radius 3 is 2.54 bits per heavy atom. The molecule has 0 unspecified atom stereocenters. The average molecular weight is 591 g/mol. The average Bonchev–Trinajstić information content (AvgIpc) is 3.37. The van der Waals surface area contributed by atoms with E-state index in [1.54, 1.807) is 6.92 Å². The van der Waals surface area contributed by atoms with Gasteiger partial charge in [0, 0.05) is 29.1 Å². The smallest absolute Gasteiger partial charge is 0.322 e. The Bertz CT molecular complexity index is 1160. The van der Waals surface area contributed by atoms with Gasteiger partial charge in [-0.05, 0) is 19.4 Å². The van der Waals surface area contributed by atoms with Gasteiger partial charge in [-0.1, -0.05) is 27.7 Å². The number of nitrogens with one attached hydrogen (secondary N) is 2. The SMILES string of the molecule is C[C@@H](SSC[C@H](NC(=O)CC[C@H](N)C(=O)O)C(=O)NCC(=O)O)[C@](O)(Cn1cncn1)c1ccc(F)cc1F. The van der Waals surface area contributed by atoms with Crippen molar-refractivity contribution in [3.8, 4) is 0 Å². The van der Waals surface area contributed by atoms with Gasteiger partial charge in [0.1, 0.15) is 48.5 Å². The first-order valence-corrected chi connectivity index (χ1v) is 13.8. The molecule has 7 N–H and O–H groups in total. The molecule has 2 amide bonds. The third-order valence-electron chi connectivity index (χ3n) is 5.45. The summed E-state index contributed by atoms with van der Waals surface area (Å²) in [5.41, 5.74) is 3.28. The Morgan fingerprint density at radius 1 is 1.23 bits per heavy atom. The number of benzene rings is 1. The molecule has 4 atom stereocenters. The van der Waals surface area contributed by atoms with Crippen LogP contribution in [0, 0.1) is 11.6 Å². The van der Waals surface area contributed by atoms with Crippen molar-refractivity contribution < 1.29 is 43.3 Å². The number of carbonyl (C=O) groups excluding carboxylic acids is 2. The number of carbonyl (C=O) groups is 4. The fourth-order valence-electron chi connectivity index (χ4n) is 3.27. The van der Waals surface area contributed by atoms with E-state index in [9.17, 15) is 33.1 Å². The lowest BCUT2D eigenvalue weighted by atomic mass is 9.90. The first kappa shape index (κ1) is 31.9. The van der Waals surface area contributed by atoms with Crippen LogP contribution in [0.3, 0.4) is 0 Å². The highest BCUT2D eigenvalue weighted by Gasteiger charge is 2.40. The molecule has 0 radical (unpaired) electrons. The summed E-state index contributed by atoms with van der Waals surface area (Å²) in [7, 11) is 2.05. The van der Waals surface area contributed by atoms with E-state index in [0.717, 1.165) is 33.7 Å². The summed E-state index contributed by atoms with van der Waals surface area (Å²) in [6.07, 6.45) is 2.04. The minimum atomic E-state index is -1.92. The molecule has 13 nitrogen and oxygen atoms in total. The molecule has 1 aromatic carbocycles. The molecular formula is C22H28F2N6O7S2. The number of carboxylic acid groups (broad SMARTS) is 2. The maximum absolute atomic E-state index is 14.7. The molecule has 0 aliphatic carbocycles. The highest BCUT2D eigenvalue weighted by molar-refractivity contribution is 8.77. The largest absolute Gasteiger partial charge is 0.480 e. The molecule has 0 saturated carbocycles. The Hall–Kier alpha value is -3.28. The molecule has 0 aliphatic heterocycles. The minimum Gasteiger partial charge on any atom is -0.480 e. The fourth-order valence-corrected chi connectivity index (χ4v) is 6.02. The highest BCUT2D eigenvalue weighted by Crippen LogP contribution is 2.41. The summed E-state index contributed by atoms with van der Waals surface area (Å²) in [6.45, 7) is 0.626. The number of halogens is 2. The van der Waals surface area contributed by atoms with E-state index in [1.807, 2.05) is 0 Å². The second kappa shape index (κ2) is 14.8. The van der Waals surface area contributed by atoms with Gasteiger partial charge in [-0.25, -0.2) is 18.4 Å².